The molecule has 1 atom stereocenters. The maximum atomic E-state index is 12.1. The fourth-order valence-electron chi connectivity index (χ4n) is 4.72. The van der Waals surface area contributed by atoms with Crippen molar-refractivity contribution in [2.45, 2.75) is 124 Å². The molecule has 0 bridgehead atoms. The Labute approximate surface area is 226 Å². The molecule has 0 aliphatic carbocycles. The van der Waals surface area contributed by atoms with Crippen molar-refractivity contribution >= 4 is 5.97 Å². The van der Waals surface area contributed by atoms with Gasteiger partial charge in [-0.05, 0) is 13.3 Å². The smallest absolute Gasteiger partial charge is 0.305 e. The number of esters is 1. The highest BCUT2D eigenvalue weighted by Crippen LogP contribution is 2.33. The zero-order valence-electron chi connectivity index (χ0n) is 23.6. The molecular weight excluding hydrogens is 476 g/mol. The first-order valence-electron chi connectivity index (χ1n) is 14.1. The standard InChI is InChI=1S/C29H51N2O4.ClH/c1-6-8-9-10-11-12-13-14-15-18-27(32)33-20-16-19-31(4,5)22-25-21-30-24(3)29-26(25)23-34-28(35-29)17-7-2;/h21,28H,6-20,22-23H2,1-5H3;1H/q+1;/p-1. The van der Waals surface area contributed by atoms with Gasteiger partial charge in [0, 0.05) is 36.6 Å². The molecule has 208 valence electrons. The number of quaternary nitrogens is 1. The van der Waals surface area contributed by atoms with Crippen molar-refractivity contribution in [1.82, 2.24) is 4.98 Å². The first-order valence-corrected chi connectivity index (χ1v) is 14.1. The lowest BCUT2D eigenvalue weighted by Gasteiger charge is -2.33. The van der Waals surface area contributed by atoms with Crippen LogP contribution in [0.15, 0.2) is 6.20 Å². The summed E-state index contributed by atoms with van der Waals surface area (Å²) in [4.78, 5) is 16.7. The van der Waals surface area contributed by atoms with Crippen LogP contribution >= 0.6 is 0 Å². The van der Waals surface area contributed by atoms with Gasteiger partial charge >= 0.3 is 5.97 Å². The zero-order valence-corrected chi connectivity index (χ0v) is 24.3. The molecule has 1 aromatic rings. The molecule has 2 heterocycles. The van der Waals surface area contributed by atoms with E-state index in [0.717, 1.165) is 66.7 Å². The Morgan fingerprint density at radius 3 is 2.36 bits per heavy atom. The Morgan fingerprint density at radius 1 is 1.03 bits per heavy atom. The molecule has 1 aromatic heterocycles. The summed E-state index contributed by atoms with van der Waals surface area (Å²) in [6.07, 6.45) is 16.4. The van der Waals surface area contributed by atoms with Crippen LogP contribution in [0, 0.1) is 6.92 Å². The maximum absolute atomic E-state index is 12.1. The zero-order chi connectivity index (χ0) is 25.5. The number of pyridine rings is 1. The Balaban J connectivity index is 0.00000648. The summed E-state index contributed by atoms with van der Waals surface area (Å²) in [7, 11) is 4.42. The average Bonchev–Trinajstić information content (AvgIpc) is 2.83. The second-order valence-electron chi connectivity index (χ2n) is 10.8. The Morgan fingerprint density at radius 2 is 1.69 bits per heavy atom. The van der Waals surface area contributed by atoms with Crippen molar-refractivity contribution in [2.75, 3.05) is 27.2 Å². The molecule has 1 aliphatic rings. The van der Waals surface area contributed by atoms with Gasteiger partial charge in [0.1, 0.15) is 12.3 Å². The number of hydrogen-bond donors (Lipinski definition) is 0. The predicted octanol–water partition coefficient (Wildman–Crippen LogP) is 3.86. The predicted molar refractivity (Wildman–Crippen MR) is 141 cm³/mol. The molecule has 36 heavy (non-hydrogen) atoms. The van der Waals surface area contributed by atoms with Crippen LogP contribution in [0.3, 0.4) is 0 Å². The van der Waals surface area contributed by atoms with E-state index in [-0.39, 0.29) is 24.7 Å². The van der Waals surface area contributed by atoms with Crippen molar-refractivity contribution in [2.24, 2.45) is 0 Å². The first kappa shape index (κ1) is 32.7. The number of unbranched alkanes of at least 4 members (excludes halogenated alkanes) is 8. The van der Waals surface area contributed by atoms with E-state index in [1.54, 1.807) is 0 Å². The maximum Gasteiger partial charge on any atom is 0.305 e. The van der Waals surface area contributed by atoms with Gasteiger partial charge in [-0.15, -0.1) is 0 Å². The number of halogens is 1. The van der Waals surface area contributed by atoms with Gasteiger partial charge < -0.3 is 31.1 Å². The number of aryl methyl sites for hydroxylation is 1. The van der Waals surface area contributed by atoms with Crippen LogP contribution in [-0.2, 0) is 27.4 Å². The highest BCUT2D eigenvalue weighted by atomic mass is 35.5. The lowest BCUT2D eigenvalue weighted by atomic mass is 10.1. The minimum Gasteiger partial charge on any atom is -1.00 e. The van der Waals surface area contributed by atoms with Crippen molar-refractivity contribution in [1.29, 1.82) is 0 Å². The normalized spacial score (nSPS) is 15.1. The molecular formula is C29H51ClN2O4. The summed E-state index contributed by atoms with van der Waals surface area (Å²) < 4.78 is 18.3. The number of carbonyl (C=O) groups is 1. The van der Waals surface area contributed by atoms with Gasteiger partial charge in [0.05, 0.1) is 39.5 Å². The molecule has 0 amide bonds. The highest BCUT2D eigenvalue weighted by Gasteiger charge is 2.27. The lowest BCUT2D eigenvalue weighted by molar-refractivity contribution is -0.903. The van der Waals surface area contributed by atoms with Gasteiger partial charge in [-0.1, -0.05) is 71.6 Å². The number of nitrogens with zero attached hydrogens (tertiary/aromatic N) is 2. The van der Waals surface area contributed by atoms with Gasteiger partial charge in [-0.25, -0.2) is 0 Å². The molecule has 0 aromatic carbocycles. The quantitative estimate of drug-likeness (QED) is 0.165. The number of rotatable bonds is 18. The Bertz CT molecular complexity index is 757. The van der Waals surface area contributed by atoms with Crippen LogP contribution < -0.4 is 17.1 Å². The molecule has 0 N–H and O–H groups in total. The average molecular weight is 527 g/mol. The summed E-state index contributed by atoms with van der Waals surface area (Å²) in [5.41, 5.74) is 3.23. The SMILES string of the molecule is CCCCCCCCCCCC(=O)OCCC[N+](C)(C)Cc1cnc(C)c2c1COC(CCC)O2.[Cl-]. The van der Waals surface area contributed by atoms with Gasteiger partial charge in [0.25, 0.3) is 0 Å². The van der Waals surface area contributed by atoms with Crippen LogP contribution in [0.5, 0.6) is 5.75 Å². The summed E-state index contributed by atoms with van der Waals surface area (Å²) in [6, 6.07) is 0. The fraction of sp³-hybridized carbons (Fsp3) is 0.793. The van der Waals surface area contributed by atoms with Crippen LogP contribution in [0.25, 0.3) is 0 Å². The van der Waals surface area contributed by atoms with Gasteiger partial charge in [-0.3, -0.25) is 9.78 Å². The summed E-state index contributed by atoms with van der Waals surface area (Å²) >= 11 is 0. The van der Waals surface area contributed by atoms with Crippen LogP contribution in [0.4, 0.5) is 0 Å². The topological polar surface area (TPSA) is 57.7 Å². The van der Waals surface area contributed by atoms with Crippen molar-refractivity contribution < 1.29 is 35.9 Å². The summed E-state index contributed by atoms with van der Waals surface area (Å²) in [5.74, 6) is 0.851. The van der Waals surface area contributed by atoms with E-state index in [4.69, 9.17) is 14.2 Å². The molecule has 1 unspecified atom stereocenters. The highest BCUT2D eigenvalue weighted by molar-refractivity contribution is 5.69. The third-order valence-electron chi connectivity index (χ3n) is 6.85. The van der Waals surface area contributed by atoms with Crippen molar-refractivity contribution in [3.8, 4) is 5.75 Å². The van der Waals surface area contributed by atoms with E-state index in [9.17, 15) is 4.79 Å². The third kappa shape index (κ3) is 12.2. The lowest BCUT2D eigenvalue weighted by Crippen LogP contribution is -3.00. The second-order valence-corrected chi connectivity index (χ2v) is 10.8. The van der Waals surface area contributed by atoms with E-state index in [1.807, 2.05) is 13.1 Å². The minimum absolute atomic E-state index is 0. The van der Waals surface area contributed by atoms with Crippen molar-refractivity contribution in [3.63, 3.8) is 0 Å². The molecule has 0 spiro atoms. The Kier molecular flexibility index (Phi) is 16.3. The third-order valence-corrected chi connectivity index (χ3v) is 6.85. The van der Waals surface area contributed by atoms with E-state index in [0.29, 0.717) is 19.6 Å². The van der Waals surface area contributed by atoms with E-state index < -0.39 is 0 Å². The van der Waals surface area contributed by atoms with Crippen LogP contribution in [-0.4, -0.2) is 49.0 Å². The Hall–Kier alpha value is -1.37. The number of hydrogen-bond acceptors (Lipinski definition) is 5. The summed E-state index contributed by atoms with van der Waals surface area (Å²) in [5, 5.41) is 0. The van der Waals surface area contributed by atoms with Gasteiger partial charge in [0.15, 0.2) is 6.29 Å². The molecule has 0 fully saturated rings. The molecule has 0 saturated heterocycles. The molecule has 0 radical (unpaired) electrons. The van der Waals surface area contributed by atoms with E-state index >= 15 is 0 Å². The van der Waals surface area contributed by atoms with Gasteiger partial charge in [0.2, 0.25) is 0 Å². The van der Waals surface area contributed by atoms with E-state index in [2.05, 4.69) is 32.9 Å². The monoisotopic (exact) mass is 526 g/mol. The number of ether oxygens (including phenoxy) is 3. The van der Waals surface area contributed by atoms with Crippen molar-refractivity contribution in [3.05, 3.63) is 23.0 Å². The fourth-order valence-corrected chi connectivity index (χ4v) is 4.72. The van der Waals surface area contributed by atoms with Gasteiger partial charge in [-0.2, -0.15) is 0 Å². The number of carbonyl (C=O) groups excluding carboxylic acids is 1. The first-order chi connectivity index (χ1) is 16.9. The number of fused-ring (bicyclic) bond motifs is 1. The van der Waals surface area contributed by atoms with Crippen LogP contribution in [0.1, 0.15) is 114 Å². The molecule has 7 heteroatoms. The molecule has 6 nitrogen and oxygen atoms in total. The molecule has 2 rings (SSSR count). The molecule has 1 aliphatic heterocycles. The largest absolute Gasteiger partial charge is 1.00 e. The van der Waals surface area contributed by atoms with E-state index in [1.165, 1.54) is 50.5 Å². The minimum atomic E-state index is -0.170. The molecule has 0 saturated carbocycles. The summed E-state index contributed by atoms with van der Waals surface area (Å²) in [6.45, 7) is 9.23. The second kappa shape index (κ2) is 18.0. The van der Waals surface area contributed by atoms with Crippen LogP contribution in [0.2, 0.25) is 0 Å². The number of aromatic nitrogens is 1.